The molecule has 3 N–H and O–H groups in total. The fourth-order valence-electron chi connectivity index (χ4n) is 3.62. The number of nitrogens with two attached hydrogens (primary N) is 1. The molecule has 0 aromatic carbocycles. The van der Waals surface area contributed by atoms with Crippen LogP contribution in [0.25, 0.3) is 0 Å². The number of carbonyl (C=O) groups is 1. The summed E-state index contributed by atoms with van der Waals surface area (Å²) in [5.41, 5.74) is 5.25. The van der Waals surface area contributed by atoms with Crippen LogP contribution in [0.1, 0.15) is 51.4 Å². The molecule has 3 unspecified atom stereocenters. The molecule has 18 heavy (non-hydrogen) atoms. The molecular weight excluding hydrogens is 228 g/mol. The van der Waals surface area contributed by atoms with Crippen molar-refractivity contribution >= 4 is 5.91 Å². The Morgan fingerprint density at radius 3 is 2.61 bits per heavy atom. The second-order valence-corrected chi connectivity index (χ2v) is 5.83. The summed E-state index contributed by atoms with van der Waals surface area (Å²) in [6.07, 6.45) is 8.41. The molecule has 1 saturated heterocycles. The molecule has 2 fully saturated rings. The fraction of sp³-hybridized carbons (Fsp3) is 0.929. The van der Waals surface area contributed by atoms with E-state index in [1.54, 1.807) is 0 Å². The summed E-state index contributed by atoms with van der Waals surface area (Å²) in [7, 11) is 0. The molecule has 1 aliphatic carbocycles. The molecule has 3 atom stereocenters. The number of hydrogen-bond acceptors (Lipinski definition) is 3. The standard InChI is InChI=1S/C14H26N2O2/c15-14(18)8-10-16-9-4-3-6-12(16)11-5-1-2-7-13(11)17/h11-13,17H,1-10H2,(H2,15,18). The van der Waals surface area contributed by atoms with Gasteiger partial charge in [0.15, 0.2) is 0 Å². The lowest BCUT2D eigenvalue weighted by molar-refractivity contribution is -0.118. The van der Waals surface area contributed by atoms with Crippen LogP contribution in [-0.4, -0.2) is 41.1 Å². The van der Waals surface area contributed by atoms with Gasteiger partial charge in [0.05, 0.1) is 6.10 Å². The van der Waals surface area contributed by atoms with E-state index in [0.717, 1.165) is 32.4 Å². The van der Waals surface area contributed by atoms with Crippen LogP contribution in [0.5, 0.6) is 0 Å². The maximum atomic E-state index is 10.9. The Labute approximate surface area is 110 Å². The van der Waals surface area contributed by atoms with Gasteiger partial charge in [-0.2, -0.15) is 0 Å². The predicted octanol–water partition coefficient (Wildman–Crippen LogP) is 1.27. The van der Waals surface area contributed by atoms with Gasteiger partial charge < -0.3 is 10.8 Å². The van der Waals surface area contributed by atoms with E-state index in [1.807, 2.05) is 0 Å². The van der Waals surface area contributed by atoms with Crippen molar-refractivity contribution in [2.24, 2.45) is 11.7 Å². The van der Waals surface area contributed by atoms with E-state index in [2.05, 4.69) is 4.90 Å². The number of nitrogens with zero attached hydrogens (tertiary/aromatic N) is 1. The van der Waals surface area contributed by atoms with Crippen molar-refractivity contribution in [1.82, 2.24) is 4.90 Å². The lowest BCUT2D eigenvalue weighted by Crippen LogP contribution is -2.49. The number of primary amides is 1. The van der Waals surface area contributed by atoms with E-state index in [-0.39, 0.29) is 12.0 Å². The van der Waals surface area contributed by atoms with Crippen molar-refractivity contribution in [1.29, 1.82) is 0 Å². The quantitative estimate of drug-likeness (QED) is 0.794. The fourth-order valence-corrected chi connectivity index (χ4v) is 3.62. The monoisotopic (exact) mass is 254 g/mol. The van der Waals surface area contributed by atoms with Crippen molar-refractivity contribution in [3.05, 3.63) is 0 Å². The largest absolute Gasteiger partial charge is 0.393 e. The second kappa shape index (κ2) is 6.53. The van der Waals surface area contributed by atoms with Gasteiger partial charge in [-0.05, 0) is 32.2 Å². The van der Waals surface area contributed by atoms with E-state index in [0.29, 0.717) is 18.4 Å². The zero-order valence-corrected chi connectivity index (χ0v) is 11.2. The van der Waals surface area contributed by atoms with Gasteiger partial charge in [-0.15, -0.1) is 0 Å². The number of rotatable bonds is 4. The Morgan fingerprint density at radius 2 is 1.89 bits per heavy atom. The van der Waals surface area contributed by atoms with Gasteiger partial charge in [0.1, 0.15) is 0 Å². The molecule has 104 valence electrons. The zero-order chi connectivity index (χ0) is 13.0. The summed E-state index contributed by atoms with van der Waals surface area (Å²) in [4.78, 5) is 13.3. The highest BCUT2D eigenvalue weighted by Gasteiger charge is 2.35. The third-order valence-corrected chi connectivity index (χ3v) is 4.59. The van der Waals surface area contributed by atoms with Gasteiger partial charge in [0.25, 0.3) is 0 Å². The first-order chi connectivity index (χ1) is 8.68. The zero-order valence-electron chi connectivity index (χ0n) is 11.2. The minimum atomic E-state index is -0.219. The summed E-state index contributed by atoms with van der Waals surface area (Å²) < 4.78 is 0. The molecule has 1 amide bonds. The number of likely N-dealkylation sites (tertiary alicyclic amines) is 1. The van der Waals surface area contributed by atoms with Crippen LogP contribution in [-0.2, 0) is 4.79 Å². The van der Waals surface area contributed by atoms with Gasteiger partial charge in [-0.1, -0.05) is 19.3 Å². The Hall–Kier alpha value is -0.610. The predicted molar refractivity (Wildman–Crippen MR) is 71.0 cm³/mol. The molecule has 0 spiro atoms. The first kappa shape index (κ1) is 13.8. The van der Waals surface area contributed by atoms with Crippen molar-refractivity contribution in [3.63, 3.8) is 0 Å². The summed E-state index contributed by atoms with van der Waals surface area (Å²) in [5.74, 6) is 0.190. The highest BCUT2D eigenvalue weighted by Crippen LogP contribution is 2.33. The Morgan fingerprint density at radius 1 is 1.17 bits per heavy atom. The summed E-state index contributed by atoms with van der Waals surface area (Å²) in [6, 6.07) is 0.466. The smallest absolute Gasteiger partial charge is 0.218 e. The van der Waals surface area contributed by atoms with E-state index in [4.69, 9.17) is 5.73 Å². The van der Waals surface area contributed by atoms with Gasteiger partial charge in [-0.25, -0.2) is 0 Å². The summed E-state index contributed by atoms with van der Waals surface area (Å²) in [5, 5.41) is 10.2. The number of hydrogen-bond donors (Lipinski definition) is 2. The van der Waals surface area contributed by atoms with E-state index < -0.39 is 0 Å². The van der Waals surface area contributed by atoms with E-state index in [9.17, 15) is 9.90 Å². The molecule has 1 heterocycles. The number of aliphatic hydroxyl groups excluding tert-OH is 1. The Kier molecular flexibility index (Phi) is 5.01. The van der Waals surface area contributed by atoms with Gasteiger partial charge >= 0.3 is 0 Å². The molecule has 2 rings (SSSR count). The second-order valence-electron chi connectivity index (χ2n) is 5.83. The molecule has 0 bridgehead atoms. The molecule has 2 aliphatic rings. The number of amides is 1. The van der Waals surface area contributed by atoms with Crippen molar-refractivity contribution in [2.45, 2.75) is 63.5 Å². The average molecular weight is 254 g/mol. The number of aliphatic hydroxyl groups is 1. The minimum Gasteiger partial charge on any atom is -0.393 e. The van der Waals surface area contributed by atoms with Crippen molar-refractivity contribution in [3.8, 4) is 0 Å². The van der Waals surface area contributed by atoms with Crippen LogP contribution in [0.15, 0.2) is 0 Å². The number of carbonyl (C=O) groups excluding carboxylic acids is 1. The van der Waals surface area contributed by atoms with Gasteiger partial charge in [-0.3, -0.25) is 9.69 Å². The number of piperidine rings is 1. The topological polar surface area (TPSA) is 66.6 Å². The van der Waals surface area contributed by atoms with Crippen LogP contribution in [0.2, 0.25) is 0 Å². The first-order valence-corrected chi connectivity index (χ1v) is 7.39. The van der Waals surface area contributed by atoms with Crippen LogP contribution >= 0.6 is 0 Å². The SMILES string of the molecule is NC(=O)CCN1CCCCC1C1CCCCC1O. The van der Waals surface area contributed by atoms with Crippen LogP contribution < -0.4 is 5.73 Å². The summed E-state index contributed by atoms with van der Waals surface area (Å²) >= 11 is 0. The van der Waals surface area contributed by atoms with Crippen LogP contribution in [0.4, 0.5) is 0 Å². The minimum absolute atomic E-state index is 0.141. The molecule has 1 aliphatic heterocycles. The third-order valence-electron chi connectivity index (χ3n) is 4.59. The van der Waals surface area contributed by atoms with Crippen LogP contribution in [0.3, 0.4) is 0 Å². The Balaban J connectivity index is 1.95. The van der Waals surface area contributed by atoms with Gasteiger partial charge in [0, 0.05) is 24.9 Å². The van der Waals surface area contributed by atoms with Crippen LogP contribution in [0, 0.1) is 5.92 Å². The molecule has 4 nitrogen and oxygen atoms in total. The molecule has 1 saturated carbocycles. The normalized spacial score (nSPS) is 34.4. The van der Waals surface area contributed by atoms with Gasteiger partial charge in [0.2, 0.25) is 5.91 Å². The maximum Gasteiger partial charge on any atom is 0.218 e. The molecule has 0 aromatic rings. The molecule has 0 aromatic heterocycles. The molecular formula is C14H26N2O2. The first-order valence-electron chi connectivity index (χ1n) is 7.39. The maximum absolute atomic E-state index is 10.9. The van der Waals surface area contributed by atoms with Crippen molar-refractivity contribution in [2.75, 3.05) is 13.1 Å². The highest BCUT2D eigenvalue weighted by atomic mass is 16.3. The lowest BCUT2D eigenvalue weighted by atomic mass is 9.78. The van der Waals surface area contributed by atoms with E-state index >= 15 is 0 Å². The lowest BCUT2D eigenvalue weighted by Gasteiger charge is -2.43. The molecule has 0 radical (unpaired) electrons. The molecule has 4 heteroatoms. The third kappa shape index (κ3) is 3.45. The Bertz CT molecular complexity index is 283. The average Bonchev–Trinajstić information content (AvgIpc) is 2.37. The van der Waals surface area contributed by atoms with E-state index in [1.165, 1.54) is 25.7 Å². The highest BCUT2D eigenvalue weighted by molar-refractivity contribution is 5.73. The summed E-state index contributed by atoms with van der Waals surface area (Å²) in [6.45, 7) is 1.82. The van der Waals surface area contributed by atoms with Crippen molar-refractivity contribution < 1.29 is 9.90 Å².